The van der Waals surface area contributed by atoms with E-state index in [1.54, 1.807) is 0 Å². The summed E-state index contributed by atoms with van der Waals surface area (Å²) in [5.41, 5.74) is 11.0. The second-order valence-electron chi connectivity index (χ2n) is 10.6. The van der Waals surface area contributed by atoms with Gasteiger partial charge in [-0.15, -0.1) is 0 Å². The van der Waals surface area contributed by atoms with Crippen molar-refractivity contribution in [2.24, 2.45) is 0 Å². The van der Waals surface area contributed by atoms with Crippen LogP contribution in [0.25, 0.3) is 60.8 Å². The van der Waals surface area contributed by atoms with Crippen molar-refractivity contribution in [3.05, 3.63) is 146 Å². The maximum absolute atomic E-state index is 6.57. The number of aromatic nitrogens is 1. The third kappa shape index (κ3) is 3.29. The van der Waals surface area contributed by atoms with Gasteiger partial charge in [0.2, 0.25) is 5.71 Å². The second-order valence-corrected chi connectivity index (χ2v) is 10.6. The molecule has 0 amide bonds. The molecule has 0 radical (unpaired) electrons. The molecule has 0 aliphatic carbocycles. The zero-order chi connectivity index (χ0) is 27.6. The Balaban J connectivity index is 1.26. The molecule has 0 aliphatic rings. The van der Waals surface area contributed by atoms with E-state index in [1.165, 1.54) is 0 Å². The summed E-state index contributed by atoms with van der Waals surface area (Å²) in [6, 6.07) is 50.5. The number of rotatable bonds is 4. The zero-order valence-corrected chi connectivity index (χ0v) is 22.6. The Morgan fingerprint density at radius 2 is 1.10 bits per heavy atom. The van der Waals surface area contributed by atoms with Gasteiger partial charge in [-0.3, -0.25) is 4.40 Å². The van der Waals surface area contributed by atoms with Crippen LogP contribution in [0.2, 0.25) is 0 Å². The molecule has 0 bridgehead atoms. The standard InChI is InChI=1S/C38H24N2O2/c1-2-11-26(12-3-1)39(36-31-14-4-6-17-32(31)40-33-18-7-9-20-35(33)42-38(36)40)27-23-21-25(22-24-27)28-15-10-16-30-29-13-5-8-19-34(29)41-37(28)30/h1-24H. The van der Waals surface area contributed by atoms with E-state index >= 15 is 0 Å². The summed E-state index contributed by atoms with van der Waals surface area (Å²) in [6.45, 7) is 0. The second kappa shape index (κ2) is 8.88. The van der Waals surface area contributed by atoms with Crippen LogP contribution in [-0.4, -0.2) is 4.40 Å². The van der Waals surface area contributed by atoms with Crippen LogP contribution in [-0.2, 0) is 0 Å². The molecule has 6 aromatic carbocycles. The molecule has 0 saturated carbocycles. The van der Waals surface area contributed by atoms with Crippen LogP contribution in [0, 0.1) is 0 Å². The van der Waals surface area contributed by atoms with E-state index < -0.39 is 0 Å². The molecule has 0 N–H and O–H groups in total. The summed E-state index contributed by atoms with van der Waals surface area (Å²) in [7, 11) is 0. The van der Waals surface area contributed by atoms with Crippen molar-refractivity contribution in [1.82, 2.24) is 4.40 Å². The number of nitrogens with zero attached hydrogens (tertiary/aromatic N) is 2. The zero-order valence-electron chi connectivity index (χ0n) is 22.6. The van der Waals surface area contributed by atoms with E-state index in [9.17, 15) is 0 Å². The fourth-order valence-electron chi connectivity index (χ4n) is 6.33. The van der Waals surface area contributed by atoms with Gasteiger partial charge in [0, 0.05) is 33.1 Å². The highest BCUT2D eigenvalue weighted by molar-refractivity contribution is 6.10. The molecule has 4 heteroatoms. The Bertz CT molecular complexity index is 2410. The molecule has 198 valence electrons. The third-order valence-corrected chi connectivity index (χ3v) is 8.20. The van der Waals surface area contributed by atoms with Crippen molar-refractivity contribution in [3.8, 4) is 11.1 Å². The molecular formula is C38H24N2O2. The largest absolute Gasteiger partial charge is 0.455 e. The van der Waals surface area contributed by atoms with Gasteiger partial charge in [-0.05, 0) is 54.1 Å². The van der Waals surface area contributed by atoms with Crippen LogP contribution in [0.5, 0.6) is 0 Å². The van der Waals surface area contributed by atoms with Crippen molar-refractivity contribution in [2.75, 3.05) is 4.90 Å². The first kappa shape index (κ1) is 23.0. The topological polar surface area (TPSA) is 33.9 Å². The maximum atomic E-state index is 6.57. The van der Waals surface area contributed by atoms with Gasteiger partial charge in [0.05, 0.1) is 11.0 Å². The minimum atomic E-state index is 0.817. The molecule has 0 aliphatic heterocycles. The first-order valence-corrected chi connectivity index (χ1v) is 14.1. The summed E-state index contributed by atoms with van der Waals surface area (Å²) >= 11 is 0. The summed E-state index contributed by atoms with van der Waals surface area (Å²) in [5.74, 6) is 0. The number of fused-ring (bicyclic) bond motifs is 8. The number of hydrogen-bond acceptors (Lipinski definition) is 3. The smallest absolute Gasteiger partial charge is 0.230 e. The number of anilines is 3. The van der Waals surface area contributed by atoms with Crippen LogP contribution < -0.4 is 4.90 Å². The van der Waals surface area contributed by atoms with Gasteiger partial charge in [-0.2, -0.15) is 0 Å². The Morgan fingerprint density at radius 3 is 1.93 bits per heavy atom. The predicted molar refractivity (Wildman–Crippen MR) is 172 cm³/mol. The van der Waals surface area contributed by atoms with Crippen molar-refractivity contribution in [1.29, 1.82) is 0 Å². The third-order valence-electron chi connectivity index (χ3n) is 8.20. The average molecular weight is 541 g/mol. The number of hydrogen-bond donors (Lipinski definition) is 0. The highest BCUT2D eigenvalue weighted by Crippen LogP contribution is 2.46. The van der Waals surface area contributed by atoms with E-state index in [-0.39, 0.29) is 0 Å². The highest BCUT2D eigenvalue weighted by Gasteiger charge is 2.25. The van der Waals surface area contributed by atoms with Gasteiger partial charge in [0.25, 0.3) is 0 Å². The molecule has 0 atom stereocenters. The minimum absolute atomic E-state index is 0.817. The van der Waals surface area contributed by atoms with Crippen molar-refractivity contribution < 1.29 is 8.83 Å². The quantitative estimate of drug-likeness (QED) is 0.223. The summed E-state index contributed by atoms with van der Waals surface area (Å²) in [4.78, 5) is 2.30. The first-order chi connectivity index (χ1) is 20.8. The van der Waals surface area contributed by atoms with Crippen molar-refractivity contribution >= 4 is 66.7 Å². The van der Waals surface area contributed by atoms with Crippen LogP contribution >= 0.6 is 0 Å². The summed E-state index contributed by atoms with van der Waals surface area (Å²) in [6.07, 6.45) is 0. The van der Waals surface area contributed by atoms with E-state index in [2.05, 4.69) is 125 Å². The van der Waals surface area contributed by atoms with Crippen molar-refractivity contribution in [3.63, 3.8) is 0 Å². The fourth-order valence-corrected chi connectivity index (χ4v) is 6.33. The molecule has 9 rings (SSSR count). The molecule has 0 spiro atoms. The lowest BCUT2D eigenvalue weighted by atomic mass is 10.0. The molecule has 9 aromatic rings. The SMILES string of the molecule is c1ccc(N(c2ccc(-c3cccc4c3oc3ccccc34)cc2)c2c3ccccc3n3c2oc2ccccc23)cc1. The lowest BCUT2D eigenvalue weighted by molar-refractivity contribution is 0.657. The average Bonchev–Trinajstić information content (AvgIpc) is 3.72. The van der Waals surface area contributed by atoms with Gasteiger partial charge in [0.15, 0.2) is 5.58 Å². The molecule has 0 unspecified atom stereocenters. The first-order valence-electron chi connectivity index (χ1n) is 14.1. The van der Waals surface area contributed by atoms with Gasteiger partial charge in [0.1, 0.15) is 16.9 Å². The summed E-state index contributed by atoms with van der Waals surface area (Å²) in [5, 5.41) is 3.39. The van der Waals surface area contributed by atoms with Crippen molar-refractivity contribution in [2.45, 2.75) is 0 Å². The Morgan fingerprint density at radius 1 is 0.452 bits per heavy atom. The Labute approximate surface area is 241 Å². The van der Waals surface area contributed by atoms with Crippen LogP contribution in [0.1, 0.15) is 0 Å². The molecule has 3 heterocycles. The number of oxazole rings is 1. The van der Waals surface area contributed by atoms with Gasteiger partial charge in [-0.25, -0.2) is 0 Å². The summed E-state index contributed by atoms with van der Waals surface area (Å²) < 4.78 is 15.1. The van der Waals surface area contributed by atoms with E-state index in [0.717, 1.165) is 77.8 Å². The highest BCUT2D eigenvalue weighted by atomic mass is 16.3. The van der Waals surface area contributed by atoms with E-state index in [1.807, 2.05) is 30.3 Å². The van der Waals surface area contributed by atoms with Crippen LogP contribution in [0.4, 0.5) is 17.1 Å². The van der Waals surface area contributed by atoms with E-state index in [4.69, 9.17) is 8.83 Å². The fraction of sp³-hybridized carbons (Fsp3) is 0. The molecule has 0 fully saturated rings. The Hall–Kier alpha value is -5.74. The Kier molecular flexibility index (Phi) is 4.87. The predicted octanol–water partition coefficient (Wildman–Crippen LogP) is 10.9. The van der Waals surface area contributed by atoms with Gasteiger partial charge < -0.3 is 13.7 Å². The molecule has 42 heavy (non-hydrogen) atoms. The van der Waals surface area contributed by atoms with Crippen LogP contribution in [0.3, 0.4) is 0 Å². The van der Waals surface area contributed by atoms with E-state index in [0.29, 0.717) is 0 Å². The van der Waals surface area contributed by atoms with Gasteiger partial charge >= 0.3 is 0 Å². The number of furan rings is 1. The monoisotopic (exact) mass is 540 g/mol. The molecule has 3 aromatic heterocycles. The van der Waals surface area contributed by atoms with Gasteiger partial charge in [-0.1, -0.05) is 97.1 Å². The lowest BCUT2D eigenvalue weighted by Crippen LogP contribution is -2.09. The minimum Gasteiger partial charge on any atom is -0.455 e. The molecular weight excluding hydrogens is 516 g/mol. The van der Waals surface area contributed by atoms with Crippen LogP contribution in [0.15, 0.2) is 154 Å². The normalized spacial score (nSPS) is 11.8. The maximum Gasteiger partial charge on any atom is 0.230 e. The lowest BCUT2D eigenvalue weighted by Gasteiger charge is -2.24. The molecule has 0 saturated heterocycles. The number of para-hydroxylation sites is 6. The molecule has 4 nitrogen and oxygen atoms in total. The number of benzene rings is 6.